The zero-order chi connectivity index (χ0) is 12.9. The third-order valence-corrected chi connectivity index (χ3v) is 3.06. The van der Waals surface area contributed by atoms with Crippen LogP contribution in [-0.4, -0.2) is 13.7 Å². The first-order chi connectivity index (χ1) is 7.86. The van der Waals surface area contributed by atoms with E-state index in [1.54, 1.807) is 11.6 Å². The number of aryl methyl sites for hydroxylation is 2. The molecule has 0 spiro atoms. The molecule has 92 valence electrons. The van der Waals surface area contributed by atoms with E-state index >= 15 is 0 Å². The fourth-order valence-electron chi connectivity index (χ4n) is 2.14. The second-order valence-corrected chi connectivity index (χ2v) is 4.61. The van der Waals surface area contributed by atoms with Crippen LogP contribution >= 0.6 is 0 Å². The highest BCUT2D eigenvalue weighted by molar-refractivity contribution is 5.66. The van der Waals surface area contributed by atoms with Gasteiger partial charge >= 0.3 is 11.2 Å². The lowest BCUT2D eigenvalue weighted by atomic mass is 10.4. The zero-order valence-electron chi connectivity index (χ0n) is 10.8. The van der Waals surface area contributed by atoms with Crippen molar-refractivity contribution >= 4 is 11.2 Å². The lowest BCUT2D eigenvalue weighted by Crippen LogP contribution is -2.41. The molecule has 0 atom stereocenters. The van der Waals surface area contributed by atoms with Crippen molar-refractivity contribution in [1.82, 2.24) is 13.7 Å². The second-order valence-electron chi connectivity index (χ2n) is 4.61. The highest BCUT2D eigenvalue weighted by Crippen LogP contribution is 2.10. The van der Waals surface area contributed by atoms with E-state index in [-0.39, 0.29) is 17.3 Å². The van der Waals surface area contributed by atoms with Gasteiger partial charge in [0, 0.05) is 7.05 Å². The molecule has 0 aliphatic carbocycles. The quantitative estimate of drug-likeness (QED) is 0.625. The van der Waals surface area contributed by atoms with E-state index in [1.807, 2.05) is 31.8 Å². The molecule has 2 aromatic rings. The Morgan fingerprint density at radius 2 is 1.76 bits per heavy atom. The van der Waals surface area contributed by atoms with Crippen LogP contribution in [-0.2, 0) is 21.1 Å². The van der Waals surface area contributed by atoms with Gasteiger partial charge in [-0.15, -0.1) is 0 Å². The average Bonchev–Trinajstić information content (AvgIpc) is 2.61. The van der Waals surface area contributed by atoms with Gasteiger partial charge in [-0.05, 0) is 13.8 Å². The maximum absolute atomic E-state index is 12.2. The molecule has 0 amide bonds. The minimum Gasteiger partial charge on any atom is -0.265 e. The maximum atomic E-state index is 12.2. The number of aromatic nitrogens is 4. The van der Waals surface area contributed by atoms with Crippen LogP contribution in [0.3, 0.4) is 0 Å². The molecular formula is C11H17N4O2+. The van der Waals surface area contributed by atoms with E-state index < -0.39 is 0 Å². The third-order valence-electron chi connectivity index (χ3n) is 3.06. The van der Waals surface area contributed by atoms with Crippen molar-refractivity contribution in [3.05, 3.63) is 27.2 Å². The summed E-state index contributed by atoms with van der Waals surface area (Å²) >= 11 is 0. The standard InChI is InChI=1S/C11H17N4O2/c1-7(2)15-6-12(3)9-8(15)10(16)14(5)11(17)13(9)4/h6-7H,1-5H3/q+1. The summed E-state index contributed by atoms with van der Waals surface area (Å²) in [6, 6.07) is 0.170. The Bertz CT molecular complexity index is 703. The molecule has 0 fully saturated rings. The molecule has 2 rings (SSSR count). The molecule has 2 aromatic heterocycles. The first-order valence-electron chi connectivity index (χ1n) is 5.52. The highest BCUT2D eigenvalue weighted by Gasteiger charge is 2.23. The molecule has 0 radical (unpaired) electrons. The van der Waals surface area contributed by atoms with Gasteiger partial charge in [0.15, 0.2) is 6.33 Å². The van der Waals surface area contributed by atoms with Gasteiger partial charge in [-0.25, -0.2) is 18.5 Å². The van der Waals surface area contributed by atoms with Crippen LogP contribution in [0.25, 0.3) is 11.2 Å². The fraction of sp³-hybridized carbons (Fsp3) is 0.545. The van der Waals surface area contributed by atoms with Crippen LogP contribution in [0.15, 0.2) is 15.9 Å². The summed E-state index contributed by atoms with van der Waals surface area (Å²) in [6.45, 7) is 4.01. The molecule has 17 heavy (non-hydrogen) atoms. The summed E-state index contributed by atoms with van der Waals surface area (Å²) in [7, 11) is 5.01. The van der Waals surface area contributed by atoms with Gasteiger partial charge in [0.1, 0.15) is 0 Å². The Morgan fingerprint density at radius 1 is 1.18 bits per heavy atom. The smallest absolute Gasteiger partial charge is 0.265 e. The molecule has 0 saturated carbocycles. The number of fused-ring (bicyclic) bond motifs is 1. The number of hydrogen-bond donors (Lipinski definition) is 0. The van der Waals surface area contributed by atoms with E-state index in [0.717, 1.165) is 4.57 Å². The fourth-order valence-corrected chi connectivity index (χ4v) is 2.14. The summed E-state index contributed by atoms with van der Waals surface area (Å²) in [5, 5.41) is 0. The normalized spacial score (nSPS) is 11.6. The molecule has 6 heteroatoms. The molecular weight excluding hydrogens is 220 g/mol. The second kappa shape index (κ2) is 3.58. The molecule has 0 bridgehead atoms. The minimum absolute atomic E-state index is 0.170. The van der Waals surface area contributed by atoms with E-state index in [0.29, 0.717) is 11.2 Å². The van der Waals surface area contributed by atoms with Crippen molar-refractivity contribution in [3.63, 3.8) is 0 Å². The van der Waals surface area contributed by atoms with Gasteiger partial charge in [0.05, 0.1) is 20.1 Å². The Labute approximate surface area is 98.3 Å². The average molecular weight is 237 g/mol. The Balaban J connectivity index is 3.15. The summed E-state index contributed by atoms with van der Waals surface area (Å²) in [6.07, 6.45) is 1.84. The van der Waals surface area contributed by atoms with E-state index in [1.165, 1.54) is 11.6 Å². The third kappa shape index (κ3) is 1.44. The SMILES string of the molecule is CC(C)n1c[n+](C)c2c1c(=O)n(C)c(=O)n2C. The number of hydrogen-bond acceptors (Lipinski definition) is 2. The Morgan fingerprint density at radius 3 is 2.29 bits per heavy atom. The van der Waals surface area contributed by atoms with Crippen molar-refractivity contribution in [2.24, 2.45) is 21.1 Å². The molecule has 0 N–H and O–H groups in total. The first-order valence-corrected chi connectivity index (χ1v) is 5.52. The van der Waals surface area contributed by atoms with E-state index in [2.05, 4.69) is 0 Å². The minimum atomic E-state index is -0.306. The van der Waals surface area contributed by atoms with Crippen LogP contribution in [0.4, 0.5) is 0 Å². The van der Waals surface area contributed by atoms with Crippen molar-refractivity contribution in [1.29, 1.82) is 0 Å². The van der Waals surface area contributed by atoms with Gasteiger partial charge in [-0.3, -0.25) is 9.36 Å². The lowest BCUT2D eigenvalue weighted by molar-refractivity contribution is -0.648. The van der Waals surface area contributed by atoms with Crippen LogP contribution in [0.1, 0.15) is 19.9 Å². The van der Waals surface area contributed by atoms with Crippen molar-refractivity contribution in [2.45, 2.75) is 19.9 Å². The van der Waals surface area contributed by atoms with Crippen LogP contribution in [0, 0.1) is 0 Å². The van der Waals surface area contributed by atoms with Crippen molar-refractivity contribution in [2.75, 3.05) is 0 Å². The molecule has 6 nitrogen and oxygen atoms in total. The summed E-state index contributed by atoms with van der Waals surface area (Å²) in [5.74, 6) is 0. The Kier molecular flexibility index (Phi) is 2.45. The monoisotopic (exact) mass is 237 g/mol. The molecule has 0 aliphatic heterocycles. The number of nitrogens with zero attached hydrogens (tertiary/aromatic N) is 4. The molecule has 0 aliphatic rings. The van der Waals surface area contributed by atoms with Gasteiger partial charge in [-0.2, -0.15) is 0 Å². The first kappa shape index (κ1) is 11.6. The summed E-state index contributed by atoms with van der Waals surface area (Å²) < 4.78 is 6.33. The largest absolute Gasteiger partial charge is 0.388 e. The predicted molar refractivity (Wildman–Crippen MR) is 64.0 cm³/mol. The molecule has 0 saturated heterocycles. The van der Waals surface area contributed by atoms with Crippen molar-refractivity contribution < 1.29 is 4.57 Å². The summed E-state index contributed by atoms with van der Waals surface area (Å²) in [4.78, 5) is 24.0. The number of imidazole rings is 1. The molecule has 0 unspecified atom stereocenters. The van der Waals surface area contributed by atoms with Gasteiger partial charge in [0.2, 0.25) is 5.52 Å². The lowest BCUT2D eigenvalue weighted by Gasteiger charge is -2.03. The van der Waals surface area contributed by atoms with Crippen LogP contribution in [0.2, 0.25) is 0 Å². The summed E-state index contributed by atoms with van der Waals surface area (Å²) in [5.41, 5.74) is 0.649. The predicted octanol–water partition coefficient (Wildman–Crippen LogP) is -0.556. The van der Waals surface area contributed by atoms with E-state index in [4.69, 9.17) is 0 Å². The Hall–Kier alpha value is -1.85. The van der Waals surface area contributed by atoms with Gasteiger partial charge in [0.25, 0.3) is 5.65 Å². The van der Waals surface area contributed by atoms with Gasteiger partial charge in [-0.1, -0.05) is 0 Å². The molecule has 2 heterocycles. The molecule has 0 aromatic carbocycles. The highest BCUT2D eigenvalue weighted by atomic mass is 16.2. The maximum Gasteiger partial charge on any atom is 0.388 e. The van der Waals surface area contributed by atoms with Crippen molar-refractivity contribution in [3.8, 4) is 0 Å². The zero-order valence-corrected chi connectivity index (χ0v) is 10.8. The van der Waals surface area contributed by atoms with Gasteiger partial charge < -0.3 is 0 Å². The van der Waals surface area contributed by atoms with Crippen LogP contribution in [0.5, 0.6) is 0 Å². The van der Waals surface area contributed by atoms with Crippen LogP contribution < -0.4 is 15.8 Å². The van der Waals surface area contributed by atoms with E-state index in [9.17, 15) is 9.59 Å². The topological polar surface area (TPSA) is 52.8 Å². The number of rotatable bonds is 1.